The topological polar surface area (TPSA) is 77.8 Å². The fourth-order valence-electron chi connectivity index (χ4n) is 1.14. The molecule has 5 nitrogen and oxygen atoms in total. The number of nitrogens with one attached hydrogen (secondary N) is 1. The predicted molar refractivity (Wildman–Crippen MR) is 59.3 cm³/mol. The summed E-state index contributed by atoms with van der Waals surface area (Å²) in [6, 6.07) is 11.8. The Kier molecular flexibility index (Phi) is 2.77. The summed E-state index contributed by atoms with van der Waals surface area (Å²) >= 11 is 0. The highest BCUT2D eigenvalue weighted by molar-refractivity contribution is 5.45. The molecule has 1 aromatic heterocycles. The summed E-state index contributed by atoms with van der Waals surface area (Å²) in [4.78, 5) is 13.1. The van der Waals surface area contributed by atoms with Crippen molar-refractivity contribution in [3.05, 3.63) is 52.8 Å². The highest BCUT2D eigenvalue weighted by atomic mass is 16.3. The first kappa shape index (κ1) is 10.1. The first-order valence-electron chi connectivity index (χ1n) is 4.65. The molecule has 2 rings (SSSR count). The van der Waals surface area contributed by atoms with Crippen LogP contribution in [0.5, 0.6) is 5.88 Å². The van der Waals surface area contributed by atoms with E-state index in [1.165, 1.54) is 12.1 Å². The van der Waals surface area contributed by atoms with Crippen LogP contribution in [0.3, 0.4) is 0 Å². The van der Waals surface area contributed by atoms with Gasteiger partial charge in [-0.25, -0.2) is 0 Å². The van der Waals surface area contributed by atoms with E-state index in [1.54, 1.807) is 12.1 Å². The average Bonchev–Trinajstić information content (AvgIpc) is 2.29. The highest BCUT2D eigenvalue weighted by Gasteiger charge is 1.99. The van der Waals surface area contributed by atoms with E-state index in [4.69, 9.17) is 0 Å². The van der Waals surface area contributed by atoms with Gasteiger partial charge >= 0.3 is 0 Å². The zero-order valence-electron chi connectivity index (χ0n) is 8.29. The molecule has 0 aliphatic carbocycles. The molecule has 16 heavy (non-hydrogen) atoms. The van der Waals surface area contributed by atoms with E-state index in [1.807, 2.05) is 18.2 Å². The summed E-state index contributed by atoms with van der Waals surface area (Å²) in [5, 5.41) is 17.1. The van der Waals surface area contributed by atoms with Crippen molar-refractivity contribution in [3.8, 4) is 5.88 Å². The average molecular weight is 215 g/mol. The van der Waals surface area contributed by atoms with E-state index in [9.17, 15) is 9.90 Å². The Balaban J connectivity index is 2.28. The summed E-state index contributed by atoms with van der Waals surface area (Å²) in [6.07, 6.45) is 0. The molecular formula is C11H9N3O2. The minimum Gasteiger partial charge on any atom is -0.493 e. The van der Waals surface area contributed by atoms with Crippen LogP contribution in [-0.4, -0.2) is 10.1 Å². The molecule has 0 spiro atoms. The number of azo groups is 1. The number of H-pyrrole nitrogens is 1. The Morgan fingerprint density at radius 2 is 1.75 bits per heavy atom. The molecule has 0 saturated heterocycles. The van der Waals surface area contributed by atoms with Gasteiger partial charge in [-0.1, -0.05) is 18.2 Å². The summed E-state index contributed by atoms with van der Waals surface area (Å²) in [6.45, 7) is 0. The minimum absolute atomic E-state index is 0.225. The third kappa shape index (κ3) is 2.33. The quantitative estimate of drug-likeness (QED) is 0.755. The molecule has 2 N–H and O–H groups in total. The van der Waals surface area contributed by atoms with Gasteiger partial charge in [0.2, 0.25) is 5.88 Å². The SMILES string of the molecule is O=c1ccc(N=Nc2ccccc2)c(O)[nH]1. The van der Waals surface area contributed by atoms with Crippen LogP contribution in [0.4, 0.5) is 11.4 Å². The number of aromatic nitrogens is 1. The molecule has 0 aliphatic rings. The first-order chi connectivity index (χ1) is 7.75. The number of nitrogens with zero attached hydrogens (tertiary/aromatic N) is 2. The Labute approximate surface area is 91.1 Å². The van der Waals surface area contributed by atoms with Crippen LogP contribution in [-0.2, 0) is 0 Å². The van der Waals surface area contributed by atoms with Crippen molar-refractivity contribution < 1.29 is 5.11 Å². The van der Waals surface area contributed by atoms with Gasteiger partial charge in [-0.3, -0.25) is 9.78 Å². The number of rotatable bonds is 2. The Hall–Kier alpha value is -2.43. The second-order valence-corrected chi connectivity index (χ2v) is 3.09. The van der Waals surface area contributed by atoms with Crippen molar-refractivity contribution in [2.45, 2.75) is 0 Å². The first-order valence-corrected chi connectivity index (χ1v) is 4.65. The molecule has 2 aromatic rings. The zero-order valence-corrected chi connectivity index (χ0v) is 8.29. The maximum absolute atomic E-state index is 10.8. The van der Waals surface area contributed by atoms with Gasteiger partial charge < -0.3 is 5.11 Å². The van der Waals surface area contributed by atoms with Crippen LogP contribution in [0, 0.1) is 0 Å². The molecular weight excluding hydrogens is 206 g/mol. The summed E-state index contributed by atoms with van der Waals surface area (Å²) in [5.41, 5.74) is 0.521. The number of aromatic amines is 1. The van der Waals surface area contributed by atoms with Crippen molar-refractivity contribution in [2.75, 3.05) is 0 Å². The third-order valence-corrected chi connectivity index (χ3v) is 1.91. The van der Waals surface area contributed by atoms with Gasteiger partial charge in [0, 0.05) is 6.07 Å². The van der Waals surface area contributed by atoms with Crippen LogP contribution in [0.1, 0.15) is 0 Å². The van der Waals surface area contributed by atoms with Crippen molar-refractivity contribution in [1.29, 1.82) is 0 Å². The van der Waals surface area contributed by atoms with Crippen LogP contribution in [0.2, 0.25) is 0 Å². The number of hydrogen-bond donors (Lipinski definition) is 2. The van der Waals surface area contributed by atoms with E-state index in [2.05, 4.69) is 15.2 Å². The normalized spacial score (nSPS) is 10.8. The third-order valence-electron chi connectivity index (χ3n) is 1.91. The molecule has 0 atom stereocenters. The number of benzene rings is 1. The van der Waals surface area contributed by atoms with Crippen molar-refractivity contribution in [2.24, 2.45) is 10.2 Å². The standard InChI is InChI=1S/C11H9N3O2/c15-10-7-6-9(11(16)12-10)14-13-8-4-2-1-3-5-8/h1-7H,(H2,12,15,16). The van der Waals surface area contributed by atoms with E-state index in [-0.39, 0.29) is 17.1 Å². The van der Waals surface area contributed by atoms with Gasteiger partial charge in [-0.05, 0) is 18.2 Å². The second kappa shape index (κ2) is 4.39. The number of hydrogen-bond acceptors (Lipinski definition) is 4. The van der Waals surface area contributed by atoms with Gasteiger partial charge in [-0.15, -0.1) is 5.11 Å². The lowest BCUT2D eigenvalue weighted by atomic mass is 10.3. The molecule has 0 radical (unpaired) electrons. The maximum atomic E-state index is 10.8. The molecule has 80 valence electrons. The van der Waals surface area contributed by atoms with Gasteiger partial charge in [-0.2, -0.15) is 5.11 Å². The van der Waals surface area contributed by atoms with Crippen LogP contribution >= 0.6 is 0 Å². The van der Waals surface area contributed by atoms with Gasteiger partial charge in [0.05, 0.1) is 5.69 Å². The maximum Gasteiger partial charge on any atom is 0.250 e. The molecule has 0 saturated carbocycles. The number of aromatic hydroxyl groups is 1. The predicted octanol–water partition coefficient (Wildman–Crippen LogP) is 2.50. The van der Waals surface area contributed by atoms with Gasteiger partial charge in [0.25, 0.3) is 5.56 Å². The van der Waals surface area contributed by atoms with E-state index in [0.717, 1.165) is 0 Å². The monoisotopic (exact) mass is 215 g/mol. The molecule has 0 amide bonds. The fourth-order valence-corrected chi connectivity index (χ4v) is 1.14. The Bertz CT molecular complexity index is 561. The van der Waals surface area contributed by atoms with Crippen LogP contribution in [0.15, 0.2) is 57.5 Å². The van der Waals surface area contributed by atoms with Crippen molar-refractivity contribution in [3.63, 3.8) is 0 Å². The lowest BCUT2D eigenvalue weighted by Gasteiger charge is -1.95. The molecule has 0 aliphatic heterocycles. The molecule has 5 heteroatoms. The molecule has 0 fully saturated rings. The zero-order chi connectivity index (χ0) is 11.4. The molecule has 1 heterocycles. The smallest absolute Gasteiger partial charge is 0.250 e. The van der Waals surface area contributed by atoms with Crippen LogP contribution < -0.4 is 5.56 Å². The van der Waals surface area contributed by atoms with Crippen molar-refractivity contribution in [1.82, 2.24) is 4.98 Å². The summed E-state index contributed by atoms with van der Waals surface area (Å²) < 4.78 is 0. The van der Waals surface area contributed by atoms with Crippen LogP contribution in [0.25, 0.3) is 0 Å². The Morgan fingerprint density at radius 1 is 1.00 bits per heavy atom. The largest absolute Gasteiger partial charge is 0.493 e. The molecule has 0 bridgehead atoms. The Morgan fingerprint density at radius 3 is 2.44 bits per heavy atom. The van der Waals surface area contributed by atoms with Gasteiger partial charge in [0.1, 0.15) is 5.69 Å². The lowest BCUT2D eigenvalue weighted by molar-refractivity contribution is 0.453. The minimum atomic E-state index is -0.379. The summed E-state index contributed by atoms with van der Waals surface area (Å²) in [5.74, 6) is -0.285. The fraction of sp³-hybridized carbons (Fsp3) is 0. The van der Waals surface area contributed by atoms with E-state index in [0.29, 0.717) is 5.69 Å². The van der Waals surface area contributed by atoms with Gasteiger partial charge in [0.15, 0.2) is 0 Å². The molecule has 0 unspecified atom stereocenters. The second-order valence-electron chi connectivity index (χ2n) is 3.09. The summed E-state index contributed by atoms with van der Waals surface area (Å²) in [7, 11) is 0. The lowest BCUT2D eigenvalue weighted by Crippen LogP contribution is -2.00. The highest BCUT2D eigenvalue weighted by Crippen LogP contribution is 2.23. The van der Waals surface area contributed by atoms with E-state index < -0.39 is 0 Å². The van der Waals surface area contributed by atoms with Crippen molar-refractivity contribution >= 4 is 11.4 Å². The number of pyridine rings is 1. The van der Waals surface area contributed by atoms with E-state index >= 15 is 0 Å². The molecule has 1 aromatic carbocycles.